The van der Waals surface area contributed by atoms with Crippen molar-refractivity contribution >= 4 is 35.8 Å². The minimum absolute atomic E-state index is 0. The first-order valence-corrected chi connectivity index (χ1v) is 9.48. The summed E-state index contributed by atoms with van der Waals surface area (Å²) in [5.41, 5.74) is -0.618. The average molecular weight is 528 g/mol. The van der Waals surface area contributed by atoms with Crippen LogP contribution in [0.25, 0.3) is 0 Å². The number of aliphatic imine (C=N–C) groups is 1. The molecule has 0 aliphatic heterocycles. The second-order valence-corrected chi connectivity index (χ2v) is 6.74. The van der Waals surface area contributed by atoms with Crippen LogP contribution in [0.1, 0.15) is 48.5 Å². The first kappa shape index (κ1) is 25.5. The lowest BCUT2D eigenvalue weighted by Gasteiger charge is -2.27. The summed E-state index contributed by atoms with van der Waals surface area (Å²) in [7, 11) is 0. The fourth-order valence-corrected chi connectivity index (χ4v) is 2.98. The van der Waals surface area contributed by atoms with Gasteiger partial charge in [0.1, 0.15) is 0 Å². The van der Waals surface area contributed by atoms with Crippen LogP contribution in [0.3, 0.4) is 0 Å². The highest BCUT2D eigenvalue weighted by Gasteiger charge is 2.30. The molecule has 1 amide bonds. The molecular weight excluding hydrogens is 500 g/mol. The lowest BCUT2D eigenvalue weighted by molar-refractivity contribution is -0.137. The van der Waals surface area contributed by atoms with Crippen LogP contribution in [-0.4, -0.2) is 48.8 Å². The van der Waals surface area contributed by atoms with Gasteiger partial charge in [0.15, 0.2) is 5.96 Å². The molecule has 1 fully saturated rings. The lowest BCUT2D eigenvalue weighted by Crippen LogP contribution is -2.45. The molecule has 0 atom stereocenters. The Balaban J connectivity index is 0.00000420. The molecule has 1 aliphatic rings. The number of nitrogens with one attached hydrogen (secondary N) is 3. The Labute approximate surface area is 185 Å². The maximum atomic E-state index is 12.6. The highest BCUT2D eigenvalue weighted by atomic mass is 127. The molecule has 0 aromatic heterocycles. The zero-order valence-corrected chi connectivity index (χ0v) is 18.6. The molecule has 1 aromatic carbocycles. The lowest BCUT2D eigenvalue weighted by atomic mass is 9.93. The summed E-state index contributed by atoms with van der Waals surface area (Å²) in [4.78, 5) is 16.4. The van der Waals surface area contributed by atoms with E-state index in [0.29, 0.717) is 19.0 Å². The van der Waals surface area contributed by atoms with E-state index in [2.05, 4.69) is 20.9 Å². The van der Waals surface area contributed by atoms with Crippen molar-refractivity contribution in [1.29, 1.82) is 0 Å². The summed E-state index contributed by atoms with van der Waals surface area (Å²) >= 11 is 0. The van der Waals surface area contributed by atoms with Gasteiger partial charge < -0.3 is 21.1 Å². The average Bonchev–Trinajstić information content (AvgIpc) is 2.66. The van der Waals surface area contributed by atoms with Gasteiger partial charge >= 0.3 is 6.18 Å². The second kappa shape index (κ2) is 12.2. The van der Waals surface area contributed by atoms with E-state index in [4.69, 9.17) is 0 Å². The van der Waals surface area contributed by atoms with E-state index in [1.165, 1.54) is 0 Å². The van der Waals surface area contributed by atoms with Gasteiger partial charge in [0, 0.05) is 24.7 Å². The Morgan fingerprint density at radius 1 is 1.14 bits per heavy atom. The largest absolute Gasteiger partial charge is 0.416 e. The molecule has 164 valence electrons. The number of hydrogen-bond acceptors (Lipinski definition) is 3. The molecule has 0 radical (unpaired) electrons. The van der Waals surface area contributed by atoms with Crippen LogP contribution >= 0.6 is 24.0 Å². The summed E-state index contributed by atoms with van der Waals surface area (Å²) < 4.78 is 37.7. The van der Waals surface area contributed by atoms with Crippen molar-refractivity contribution in [3.8, 4) is 0 Å². The van der Waals surface area contributed by atoms with Crippen molar-refractivity contribution in [2.24, 2.45) is 4.99 Å². The molecule has 1 aliphatic carbocycles. The number of aliphatic hydroxyl groups is 1. The topological polar surface area (TPSA) is 85.8 Å². The molecule has 1 saturated carbocycles. The van der Waals surface area contributed by atoms with Crippen LogP contribution in [0.15, 0.2) is 29.3 Å². The Morgan fingerprint density at radius 3 is 2.31 bits per heavy atom. The minimum atomic E-state index is -4.42. The number of carbonyl (C=O) groups excluding carboxylic acids is 1. The Morgan fingerprint density at radius 2 is 1.76 bits per heavy atom. The van der Waals surface area contributed by atoms with Crippen LogP contribution in [0, 0.1) is 0 Å². The summed E-state index contributed by atoms with van der Waals surface area (Å²) in [5.74, 6) is 0.204. The first-order valence-electron chi connectivity index (χ1n) is 9.48. The van der Waals surface area contributed by atoms with Crippen LogP contribution in [0.5, 0.6) is 0 Å². The summed E-state index contributed by atoms with van der Waals surface area (Å²) in [5, 5.41) is 18.7. The summed E-state index contributed by atoms with van der Waals surface area (Å²) in [6.45, 7) is 3.24. The minimum Gasteiger partial charge on any atom is -0.393 e. The van der Waals surface area contributed by atoms with Gasteiger partial charge in [-0.3, -0.25) is 9.79 Å². The molecule has 0 bridgehead atoms. The molecule has 29 heavy (non-hydrogen) atoms. The predicted molar refractivity (Wildman–Crippen MR) is 117 cm³/mol. The number of rotatable bonds is 6. The van der Waals surface area contributed by atoms with E-state index in [1.54, 1.807) is 0 Å². The number of guanidine groups is 1. The van der Waals surface area contributed by atoms with E-state index in [9.17, 15) is 23.1 Å². The molecule has 0 saturated heterocycles. The maximum absolute atomic E-state index is 12.6. The van der Waals surface area contributed by atoms with Crippen molar-refractivity contribution in [2.75, 3.05) is 19.6 Å². The summed E-state index contributed by atoms with van der Waals surface area (Å²) in [6.07, 6.45) is -1.37. The molecule has 0 heterocycles. The van der Waals surface area contributed by atoms with Crippen LogP contribution < -0.4 is 16.0 Å². The number of halogens is 4. The smallest absolute Gasteiger partial charge is 0.393 e. The van der Waals surface area contributed by atoms with Crippen molar-refractivity contribution in [2.45, 2.75) is 50.9 Å². The molecule has 1 aromatic rings. The fraction of sp³-hybridized carbons (Fsp3) is 0.579. The van der Waals surface area contributed by atoms with Crippen LogP contribution in [0.4, 0.5) is 13.2 Å². The van der Waals surface area contributed by atoms with Gasteiger partial charge in [0.25, 0.3) is 5.91 Å². The zero-order chi connectivity index (χ0) is 20.6. The fourth-order valence-electron chi connectivity index (χ4n) is 2.98. The van der Waals surface area contributed by atoms with Crippen molar-refractivity contribution in [3.05, 3.63) is 35.4 Å². The van der Waals surface area contributed by atoms with Crippen molar-refractivity contribution in [3.63, 3.8) is 0 Å². The number of carbonyl (C=O) groups is 1. The molecule has 0 unspecified atom stereocenters. The van der Waals surface area contributed by atoms with Crippen LogP contribution in [0.2, 0.25) is 0 Å². The van der Waals surface area contributed by atoms with E-state index in [0.717, 1.165) is 49.9 Å². The second-order valence-electron chi connectivity index (χ2n) is 6.74. The maximum Gasteiger partial charge on any atom is 0.416 e. The van der Waals surface area contributed by atoms with Crippen LogP contribution in [-0.2, 0) is 6.18 Å². The number of amides is 1. The number of benzene rings is 1. The van der Waals surface area contributed by atoms with Crippen molar-refractivity contribution < 1.29 is 23.1 Å². The van der Waals surface area contributed by atoms with E-state index < -0.39 is 17.6 Å². The quantitative estimate of drug-likeness (QED) is 0.198. The van der Waals surface area contributed by atoms with E-state index in [-0.39, 0.29) is 48.2 Å². The third kappa shape index (κ3) is 8.77. The SMILES string of the molecule is CCNC(=NCCNC(=O)c1ccc(C(F)(F)F)cc1)NC1CCC(O)CC1.I. The monoisotopic (exact) mass is 528 g/mol. The Bertz CT molecular complexity index is 660. The molecule has 4 N–H and O–H groups in total. The number of nitrogens with zero attached hydrogens (tertiary/aromatic N) is 1. The van der Waals surface area contributed by atoms with Gasteiger partial charge in [-0.1, -0.05) is 0 Å². The first-order chi connectivity index (χ1) is 13.3. The Hall–Kier alpha value is -1.56. The van der Waals surface area contributed by atoms with Gasteiger partial charge in [0.2, 0.25) is 0 Å². The van der Waals surface area contributed by atoms with E-state index in [1.807, 2.05) is 6.92 Å². The summed E-state index contributed by atoms with van der Waals surface area (Å²) in [6, 6.07) is 4.35. The van der Waals surface area contributed by atoms with Gasteiger partial charge in [-0.2, -0.15) is 13.2 Å². The zero-order valence-electron chi connectivity index (χ0n) is 16.3. The standard InChI is InChI=1S/C19H27F3N4O2.HI/c1-2-23-18(26-15-7-9-16(27)10-8-15)25-12-11-24-17(28)13-3-5-14(6-4-13)19(20,21)22;/h3-6,15-16,27H,2,7-12H2,1H3,(H,24,28)(H2,23,25,26);1H. The molecule has 0 spiro atoms. The van der Waals surface area contributed by atoms with Gasteiger partial charge in [-0.15, -0.1) is 24.0 Å². The van der Waals surface area contributed by atoms with Gasteiger partial charge in [-0.05, 0) is 56.9 Å². The highest BCUT2D eigenvalue weighted by Crippen LogP contribution is 2.29. The third-order valence-corrected chi connectivity index (χ3v) is 4.52. The molecule has 10 heteroatoms. The molecular formula is C19H28F3IN4O2. The van der Waals surface area contributed by atoms with Crippen molar-refractivity contribution in [1.82, 2.24) is 16.0 Å². The van der Waals surface area contributed by atoms with Gasteiger partial charge in [0.05, 0.1) is 18.2 Å². The molecule has 6 nitrogen and oxygen atoms in total. The normalized spacial score (nSPS) is 19.8. The molecule has 2 rings (SSSR count). The third-order valence-electron chi connectivity index (χ3n) is 4.52. The van der Waals surface area contributed by atoms with Gasteiger partial charge in [-0.25, -0.2) is 0 Å². The number of alkyl halides is 3. The Kier molecular flexibility index (Phi) is 10.7. The number of hydrogen-bond donors (Lipinski definition) is 4. The number of aliphatic hydroxyl groups excluding tert-OH is 1. The van der Waals surface area contributed by atoms with E-state index >= 15 is 0 Å². The highest BCUT2D eigenvalue weighted by molar-refractivity contribution is 14.0. The predicted octanol–water partition coefficient (Wildman–Crippen LogP) is 2.91.